The van der Waals surface area contributed by atoms with E-state index < -0.39 is 0 Å². The van der Waals surface area contributed by atoms with Gasteiger partial charge in [0.25, 0.3) is 5.91 Å². The summed E-state index contributed by atoms with van der Waals surface area (Å²) in [6, 6.07) is 3.29. The third-order valence-electron chi connectivity index (χ3n) is 2.13. The van der Waals surface area contributed by atoms with Crippen molar-refractivity contribution in [1.82, 2.24) is 9.97 Å². The Balaban J connectivity index is 2.04. The molecular formula is C11H11ClN4OS. The van der Waals surface area contributed by atoms with Crippen molar-refractivity contribution >= 4 is 34.5 Å². The number of hydrogen-bond donors (Lipinski definition) is 2. The van der Waals surface area contributed by atoms with E-state index in [0.717, 1.165) is 5.01 Å². The molecule has 0 atom stereocenters. The van der Waals surface area contributed by atoms with Crippen LogP contribution >= 0.6 is 22.9 Å². The molecule has 2 heterocycles. The van der Waals surface area contributed by atoms with Crippen molar-refractivity contribution in [1.29, 1.82) is 0 Å². The molecule has 5 nitrogen and oxygen atoms in total. The standard InChI is InChI=1S/C11H11ClN4OS/c12-9-2-1-7(5-14-9)15-11(17)8-6-18-10(16-8)3-4-13/h1-2,5-6H,3-4,13H2,(H,15,17). The van der Waals surface area contributed by atoms with Gasteiger partial charge in [-0.2, -0.15) is 0 Å². The van der Waals surface area contributed by atoms with Crippen LogP contribution in [-0.2, 0) is 6.42 Å². The second kappa shape index (κ2) is 5.90. The Morgan fingerprint density at radius 1 is 1.50 bits per heavy atom. The van der Waals surface area contributed by atoms with Crippen LogP contribution in [0.25, 0.3) is 0 Å². The van der Waals surface area contributed by atoms with Crippen LogP contribution in [0.3, 0.4) is 0 Å². The molecule has 0 aliphatic rings. The summed E-state index contributed by atoms with van der Waals surface area (Å²) in [6.07, 6.45) is 2.17. The van der Waals surface area contributed by atoms with E-state index in [9.17, 15) is 4.79 Å². The number of hydrogen-bond acceptors (Lipinski definition) is 5. The van der Waals surface area contributed by atoms with Gasteiger partial charge in [-0.15, -0.1) is 11.3 Å². The fourth-order valence-corrected chi connectivity index (χ4v) is 2.20. The van der Waals surface area contributed by atoms with E-state index in [1.54, 1.807) is 17.5 Å². The van der Waals surface area contributed by atoms with E-state index >= 15 is 0 Å². The number of halogens is 1. The molecule has 0 fully saturated rings. The summed E-state index contributed by atoms with van der Waals surface area (Å²) in [4.78, 5) is 19.9. The zero-order chi connectivity index (χ0) is 13.0. The van der Waals surface area contributed by atoms with Crippen molar-refractivity contribution in [3.05, 3.63) is 39.6 Å². The van der Waals surface area contributed by atoms with Crippen molar-refractivity contribution in [3.8, 4) is 0 Å². The number of aromatic nitrogens is 2. The summed E-state index contributed by atoms with van der Waals surface area (Å²) in [5, 5.41) is 5.65. The maximum Gasteiger partial charge on any atom is 0.275 e. The summed E-state index contributed by atoms with van der Waals surface area (Å²) in [7, 11) is 0. The number of pyridine rings is 1. The van der Waals surface area contributed by atoms with Crippen LogP contribution in [-0.4, -0.2) is 22.4 Å². The van der Waals surface area contributed by atoms with Gasteiger partial charge in [0.15, 0.2) is 0 Å². The van der Waals surface area contributed by atoms with Gasteiger partial charge in [-0.05, 0) is 18.7 Å². The number of amides is 1. The number of nitrogens with two attached hydrogens (primary N) is 1. The van der Waals surface area contributed by atoms with E-state index in [1.807, 2.05) is 0 Å². The first-order chi connectivity index (χ1) is 8.69. The van der Waals surface area contributed by atoms with Crippen molar-refractivity contribution in [2.24, 2.45) is 5.73 Å². The maximum atomic E-state index is 11.9. The van der Waals surface area contributed by atoms with E-state index in [1.165, 1.54) is 17.5 Å². The molecule has 0 aromatic carbocycles. The minimum absolute atomic E-state index is 0.265. The minimum Gasteiger partial charge on any atom is -0.330 e. The first-order valence-corrected chi connectivity index (χ1v) is 6.52. The lowest BCUT2D eigenvalue weighted by Crippen LogP contribution is -2.12. The number of carbonyl (C=O) groups excluding carboxylic acids is 1. The maximum absolute atomic E-state index is 11.9. The molecule has 1 amide bonds. The van der Waals surface area contributed by atoms with E-state index in [2.05, 4.69) is 15.3 Å². The molecule has 0 aliphatic carbocycles. The van der Waals surface area contributed by atoms with Gasteiger partial charge in [0, 0.05) is 11.8 Å². The SMILES string of the molecule is NCCc1nc(C(=O)Nc2ccc(Cl)nc2)cs1. The average Bonchev–Trinajstić information content (AvgIpc) is 2.81. The summed E-state index contributed by atoms with van der Waals surface area (Å²) in [6.45, 7) is 0.523. The van der Waals surface area contributed by atoms with Crippen LogP contribution < -0.4 is 11.1 Å². The zero-order valence-corrected chi connectivity index (χ0v) is 11.0. The van der Waals surface area contributed by atoms with Crippen molar-refractivity contribution in [2.75, 3.05) is 11.9 Å². The predicted octanol–water partition coefficient (Wildman–Crippen LogP) is 1.94. The highest BCUT2D eigenvalue weighted by atomic mass is 35.5. The highest BCUT2D eigenvalue weighted by molar-refractivity contribution is 7.09. The Bertz CT molecular complexity index is 540. The quantitative estimate of drug-likeness (QED) is 0.840. The third kappa shape index (κ3) is 3.25. The third-order valence-corrected chi connectivity index (χ3v) is 3.26. The Morgan fingerprint density at radius 3 is 3.00 bits per heavy atom. The fourth-order valence-electron chi connectivity index (χ4n) is 1.30. The van der Waals surface area contributed by atoms with Crippen LogP contribution in [0.4, 0.5) is 5.69 Å². The lowest BCUT2D eigenvalue weighted by molar-refractivity contribution is 0.102. The van der Waals surface area contributed by atoms with Gasteiger partial charge in [-0.3, -0.25) is 4.79 Å². The van der Waals surface area contributed by atoms with Crippen LogP contribution in [0, 0.1) is 0 Å². The molecule has 0 unspecified atom stereocenters. The van der Waals surface area contributed by atoms with Gasteiger partial charge >= 0.3 is 0 Å². The Morgan fingerprint density at radius 2 is 2.33 bits per heavy atom. The fraction of sp³-hybridized carbons (Fsp3) is 0.182. The molecule has 2 aromatic rings. The molecule has 3 N–H and O–H groups in total. The number of carbonyl (C=O) groups is 1. The zero-order valence-electron chi connectivity index (χ0n) is 9.39. The molecule has 18 heavy (non-hydrogen) atoms. The normalized spacial score (nSPS) is 10.3. The molecule has 2 rings (SSSR count). The molecule has 0 radical (unpaired) electrons. The monoisotopic (exact) mass is 282 g/mol. The number of nitrogens with zero attached hydrogens (tertiary/aromatic N) is 2. The lowest BCUT2D eigenvalue weighted by atomic mass is 10.4. The number of nitrogens with one attached hydrogen (secondary N) is 1. The predicted molar refractivity (Wildman–Crippen MR) is 72.1 cm³/mol. The Labute approximate surface area is 113 Å². The molecule has 7 heteroatoms. The summed E-state index contributed by atoms with van der Waals surface area (Å²) >= 11 is 7.08. The van der Waals surface area contributed by atoms with Crippen LogP contribution in [0.15, 0.2) is 23.7 Å². The average molecular weight is 283 g/mol. The molecule has 94 valence electrons. The first-order valence-electron chi connectivity index (χ1n) is 5.26. The smallest absolute Gasteiger partial charge is 0.275 e. The van der Waals surface area contributed by atoms with Crippen molar-refractivity contribution in [3.63, 3.8) is 0 Å². The van der Waals surface area contributed by atoms with Gasteiger partial charge in [0.2, 0.25) is 0 Å². The largest absolute Gasteiger partial charge is 0.330 e. The molecule has 0 aliphatic heterocycles. The van der Waals surface area contributed by atoms with Crippen molar-refractivity contribution in [2.45, 2.75) is 6.42 Å². The van der Waals surface area contributed by atoms with E-state index in [-0.39, 0.29) is 5.91 Å². The van der Waals surface area contributed by atoms with E-state index in [4.69, 9.17) is 17.3 Å². The topological polar surface area (TPSA) is 80.9 Å². The summed E-state index contributed by atoms with van der Waals surface area (Å²) in [5.41, 5.74) is 6.40. The van der Waals surface area contributed by atoms with Gasteiger partial charge < -0.3 is 11.1 Å². The number of rotatable bonds is 4. The first kappa shape index (κ1) is 12.9. The number of anilines is 1. The number of thiazole rings is 1. The second-order valence-electron chi connectivity index (χ2n) is 3.49. The van der Waals surface area contributed by atoms with Gasteiger partial charge in [0.1, 0.15) is 10.8 Å². The summed E-state index contributed by atoms with van der Waals surface area (Å²) < 4.78 is 0. The lowest BCUT2D eigenvalue weighted by Gasteiger charge is -2.01. The molecule has 0 saturated heterocycles. The minimum atomic E-state index is -0.265. The van der Waals surface area contributed by atoms with Gasteiger partial charge in [0.05, 0.1) is 16.9 Å². The molecule has 0 bridgehead atoms. The van der Waals surface area contributed by atoms with Crippen LogP contribution in [0.2, 0.25) is 5.15 Å². The second-order valence-corrected chi connectivity index (χ2v) is 4.82. The highest BCUT2D eigenvalue weighted by Crippen LogP contribution is 2.14. The van der Waals surface area contributed by atoms with Gasteiger partial charge in [-0.25, -0.2) is 9.97 Å². The molecule has 0 spiro atoms. The summed E-state index contributed by atoms with van der Waals surface area (Å²) in [5.74, 6) is -0.265. The Hall–Kier alpha value is -1.50. The van der Waals surface area contributed by atoms with Gasteiger partial charge in [-0.1, -0.05) is 11.6 Å². The molecule has 2 aromatic heterocycles. The molecule has 0 saturated carbocycles. The molecular weight excluding hydrogens is 272 g/mol. The Kier molecular flexibility index (Phi) is 4.24. The highest BCUT2D eigenvalue weighted by Gasteiger charge is 2.10. The van der Waals surface area contributed by atoms with E-state index in [0.29, 0.717) is 29.5 Å². The van der Waals surface area contributed by atoms with Crippen molar-refractivity contribution < 1.29 is 4.79 Å². The van der Waals surface area contributed by atoms with Crippen LogP contribution in [0.5, 0.6) is 0 Å². The van der Waals surface area contributed by atoms with Crippen LogP contribution in [0.1, 0.15) is 15.5 Å².